The Morgan fingerprint density at radius 3 is 2.47 bits per heavy atom. The van der Waals surface area contributed by atoms with E-state index in [4.69, 9.17) is 4.84 Å². The Labute approximate surface area is 120 Å². The van der Waals surface area contributed by atoms with Crippen LogP contribution in [0.5, 0.6) is 0 Å². The molecule has 0 fully saturated rings. The third-order valence-electron chi connectivity index (χ3n) is 3.36. The Morgan fingerprint density at radius 2 is 2.00 bits per heavy atom. The molecule has 5 heteroatoms. The molecular formula is C14H16BrNO3. The first-order valence-electron chi connectivity index (χ1n) is 5.89. The topological polar surface area (TPSA) is 49.8 Å². The van der Waals surface area contributed by atoms with Crippen LogP contribution in [0.2, 0.25) is 0 Å². The van der Waals surface area contributed by atoms with Crippen molar-refractivity contribution in [3.8, 4) is 0 Å². The van der Waals surface area contributed by atoms with Crippen LogP contribution in [0.25, 0.3) is 5.57 Å². The standard InChI is InChI=1S/C14H16BrNO3/c1-8-7-9(15)5-6-10(8)11-12(17)14(2,3)16(19-4)13(11)18/h5-7,17H,1-4H3. The summed E-state index contributed by atoms with van der Waals surface area (Å²) >= 11 is 3.38. The maximum Gasteiger partial charge on any atom is 0.282 e. The Balaban J connectivity index is 2.61. The predicted molar refractivity (Wildman–Crippen MR) is 76.4 cm³/mol. The van der Waals surface area contributed by atoms with E-state index in [1.165, 1.54) is 12.2 Å². The molecule has 1 aliphatic rings. The number of amides is 1. The number of hydrogen-bond donors (Lipinski definition) is 1. The zero-order valence-electron chi connectivity index (χ0n) is 11.3. The van der Waals surface area contributed by atoms with E-state index in [-0.39, 0.29) is 11.7 Å². The summed E-state index contributed by atoms with van der Waals surface area (Å²) in [6.45, 7) is 5.38. The number of nitrogens with zero attached hydrogens (tertiary/aromatic N) is 1. The van der Waals surface area contributed by atoms with E-state index in [1.807, 2.05) is 25.1 Å². The van der Waals surface area contributed by atoms with Crippen molar-refractivity contribution < 1.29 is 14.7 Å². The minimum Gasteiger partial charge on any atom is -0.509 e. The summed E-state index contributed by atoms with van der Waals surface area (Å²) in [5.41, 5.74) is 1.08. The molecule has 0 radical (unpaired) electrons. The smallest absolute Gasteiger partial charge is 0.282 e. The van der Waals surface area contributed by atoms with Gasteiger partial charge in [-0.05, 0) is 44.0 Å². The maximum absolute atomic E-state index is 12.4. The lowest BCUT2D eigenvalue weighted by Crippen LogP contribution is -2.42. The fourth-order valence-corrected chi connectivity index (χ4v) is 2.80. The molecule has 102 valence electrons. The van der Waals surface area contributed by atoms with E-state index in [0.29, 0.717) is 5.57 Å². The average molecular weight is 326 g/mol. The van der Waals surface area contributed by atoms with Crippen molar-refractivity contribution in [1.29, 1.82) is 0 Å². The average Bonchev–Trinajstić information content (AvgIpc) is 2.48. The molecule has 1 amide bonds. The molecule has 0 spiro atoms. The van der Waals surface area contributed by atoms with Crippen LogP contribution in [0.3, 0.4) is 0 Å². The Bertz CT molecular complexity index is 578. The predicted octanol–water partition coefficient (Wildman–Crippen LogP) is 3.21. The van der Waals surface area contributed by atoms with Gasteiger partial charge in [0.2, 0.25) is 0 Å². The van der Waals surface area contributed by atoms with Crippen LogP contribution in [0.15, 0.2) is 28.4 Å². The Kier molecular flexibility index (Phi) is 3.45. The highest BCUT2D eigenvalue weighted by atomic mass is 79.9. The van der Waals surface area contributed by atoms with Crippen LogP contribution in [0, 0.1) is 6.92 Å². The van der Waals surface area contributed by atoms with Gasteiger partial charge < -0.3 is 5.11 Å². The molecule has 1 aromatic rings. The highest BCUT2D eigenvalue weighted by Gasteiger charge is 2.47. The molecule has 0 aliphatic carbocycles. The lowest BCUT2D eigenvalue weighted by atomic mass is 9.96. The molecular weight excluding hydrogens is 310 g/mol. The van der Waals surface area contributed by atoms with Gasteiger partial charge in [0.05, 0.1) is 12.7 Å². The van der Waals surface area contributed by atoms with Crippen LogP contribution in [0.4, 0.5) is 0 Å². The number of aryl methyl sites for hydroxylation is 1. The van der Waals surface area contributed by atoms with Crippen LogP contribution in [-0.2, 0) is 9.63 Å². The molecule has 0 bridgehead atoms. The zero-order chi connectivity index (χ0) is 14.4. The number of carbonyl (C=O) groups excluding carboxylic acids is 1. The zero-order valence-corrected chi connectivity index (χ0v) is 12.9. The number of halogens is 1. The van der Waals surface area contributed by atoms with E-state index in [9.17, 15) is 9.90 Å². The van der Waals surface area contributed by atoms with Crippen molar-refractivity contribution in [2.45, 2.75) is 26.3 Å². The summed E-state index contributed by atoms with van der Waals surface area (Å²) in [6, 6.07) is 5.57. The van der Waals surface area contributed by atoms with Crippen LogP contribution >= 0.6 is 15.9 Å². The highest BCUT2D eigenvalue weighted by Crippen LogP contribution is 2.39. The third-order valence-corrected chi connectivity index (χ3v) is 3.86. The molecule has 0 atom stereocenters. The van der Waals surface area contributed by atoms with Gasteiger partial charge in [0.15, 0.2) is 0 Å². The summed E-state index contributed by atoms with van der Waals surface area (Å²) in [7, 11) is 1.42. The minimum atomic E-state index is -0.860. The maximum atomic E-state index is 12.4. The number of rotatable bonds is 2. The van der Waals surface area contributed by atoms with Gasteiger partial charge in [-0.2, -0.15) is 0 Å². The summed E-state index contributed by atoms with van der Waals surface area (Å²) in [4.78, 5) is 17.5. The number of carbonyl (C=O) groups is 1. The van der Waals surface area contributed by atoms with Gasteiger partial charge in [-0.3, -0.25) is 9.63 Å². The van der Waals surface area contributed by atoms with Crippen LogP contribution in [0.1, 0.15) is 25.0 Å². The number of aliphatic hydroxyl groups is 1. The number of hydrogen-bond acceptors (Lipinski definition) is 3. The molecule has 4 nitrogen and oxygen atoms in total. The number of benzene rings is 1. The molecule has 19 heavy (non-hydrogen) atoms. The minimum absolute atomic E-state index is 0.0322. The van der Waals surface area contributed by atoms with Gasteiger partial charge in [0.25, 0.3) is 5.91 Å². The van der Waals surface area contributed by atoms with E-state index < -0.39 is 5.54 Å². The molecule has 0 unspecified atom stereocenters. The van der Waals surface area contributed by atoms with E-state index in [1.54, 1.807) is 13.8 Å². The molecule has 1 N–H and O–H groups in total. The van der Waals surface area contributed by atoms with E-state index in [2.05, 4.69) is 15.9 Å². The summed E-state index contributed by atoms with van der Waals surface area (Å²) in [6.07, 6.45) is 0. The van der Waals surface area contributed by atoms with Gasteiger partial charge in [-0.1, -0.05) is 22.0 Å². The Hall–Kier alpha value is -1.33. The SMILES string of the molecule is CON1C(=O)C(c2ccc(Br)cc2C)=C(O)C1(C)C. The Morgan fingerprint density at radius 1 is 1.37 bits per heavy atom. The molecule has 0 saturated carbocycles. The first-order valence-corrected chi connectivity index (χ1v) is 6.69. The van der Waals surface area contributed by atoms with Gasteiger partial charge in [-0.15, -0.1) is 0 Å². The van der Waals surface area contributed by atoms with E-state index >= 15 is 0 Å². The second kappa shape index (κ2) is 4.65. The molecule has 1 heterocycles. The van der Waals surface area contributed by atoms with Crippen LogP contribution < -0.4 is 0 Å². The van der Waals surface area contributed by atoms with Crippen molar-refractivity contribution in [3.63, 3.8) is 0 Å². The van der Waals surface area contributed by atoms with Gasteiger partial charge >= 0.3 is 0 Å². The van der Waals surface area contributed by atoms with E-state index in [0.717, 1.165) is 15.6 Å². The lowest BCUT2D eigenvalue weighted by molar-refractivity contribution is -0.189. The number of hydroxylamine groups is 2. The monoisotopic (exact) mass is 325 g/mol. The van der Waals surface area contributed by atoms with Crippen molar-refractivity contribution in [1.82, 2.24) is 5.06 Å². The number of aliphatic hydroxyl groups excluding tert-OH is 1. The summed E-state index contributed by atoms with van der Waals surface area (Å²) in [5.74, 6) is -0.291. The van der Waals surface area contributed by atoms with Crippen molar-refractivity contribution in [2.75, 3.05) is 7.11 Å². The van der Waals surface area contributed by atoms with Crippen LogP contribution in [-0.4, -0.2) is 28.7 Å². The molecule has 0 saturated heterocycles. The fourth-order valence-electron chi connectivity index (χ4n) is 2.32. The largest absolute Gasteiger partial charge is 0.509 e. The quantitative estimate of drug-likeness (QED) is 0.908. The second-order valence-electron chi connectivity index (χ2n) is 5.02. The van der Waals surface area contributed by atoms with Gasteiger partial charge in [0, 0.05) is 4.47 Å². The highest BCUT2D eigenvalue weighted by molar-refractivity contribution is 9.10. The molecule has 1 aliphatic heterocycles. The summed E-state index contributed by atoms with van der Waals surface area (Å²) in [5, 5.41) is 11.6. The molecule has 1 aromatic carbocycles. The van der Waals surface area contributed by atoms with Crippen molar-refractivity contribution in [3.05, 3.63) is 39.6 Å². The van der Waals surface area contributed by atoms with Gasteiger partial charge in [-0.25, -0.2) is 5.06 Å². The van der Waals surface area contributed by atoms with Gasteiger partial charge in [0.1, 0.15) is 11.3 Å². The second-order valence-corrected chi connectivity index (χ2v) is 5.94. The fraction of sp³-hybridized carbons (Fsp3) is 0.357. The first-order chi connectivity index (χ1) is 8.80. The first kappa shape index (κ1) is 14.1. The van der Waals surface area contributed by atoms with Crippen molar-refractivity contribution in [2.24, 2.45) is 0 Å². The third kappa shape index (κ3) is 2.07. The lowest BCUT2D eigenvalue weighted by Gasteiger charge is -2.28. The van der Waals surface area contributed by atoms with Crippen molar-refractivity contribution >= 4 is 27.4 Å². The summed E-state index contributed by atoms with van der Waals surface area (Å²) < 4.78 is 0.933. The normalized spacial score (nSPS) is 18.4. The molecule has 0 aromatic heterocycles. The molecule has 2 rings (SSSR count).